The number of nitrogens with zero attached hydrogens (tertiary/aromatic N) is 3. The first-order valence-corrected chi connectivity index (χ1v) is 8.90. The topological polar surface area (TPSA) is 124 Å². The molecular weight excluding hydrogens is 372 g/mol. The zero-order valence-corrected chi connectivity index (χ0v) is 14.9. The summed E-state index contributed by atoms with van der Waals surface area (Å²) in [7, 11) is 0. The molecule has 1 fully saturated rings. The summed E-state index contributed by atoms with van der Waals surface area (Å²) in [6.07, 6.45) is 0.251. The average molecular weight is 391 g/mol. The molecule has 27 heavy (non-hydrogen) atoms. The highest BCUT2D eigenvalue weighted by molar-refractivity contribution is 6.30. The van der Waals surface area contributed by atoms with Crippen molar-refractivity contribution in [3.63, 3.8) is 0 Å². The van der Waals surface area contributed by atoms with Gasteiger partial charge in [0.25, 0.3) is 0 Å². The van der Waals surface area contributed by atoms with E-state index in [-0.39, 0.29) is 5.82 Å². The second-order valence-corrected chi connectivity index (χ2v) is 7.18. The fourth-order valence-electron chi connectivity index (χ4n) is 3.87. The lowest BCUT2D eigenvalue weighted by Crippen LogP contribution is -2.31. The Morgan fingerprint density at radius 2 is 1.85 bits per heavy atom. The van der Waals surface area contributed by atoms with Crippen LogP contribution in [-0.4, -0.2) is 47.3 Å². The Kier molecular flexibility index (Phi) is 4.75. The maximum atomic E-state index is 10.7. The summed E-state index contributed by atoms with van der Waals surface area (Å²) in [4.78, 5) is 8.16. The molecule has 8 nitrogen and oxygen atoms in total. The molecular formula is C18H19ClN4O4. The maximum Gasteiger partial charge on any atom is 0.162 e. The van der Waals surface area contributed by atoms with Crippen LogP contribution in [-0.2, 0) is 0 Å². The smallest absolute Gasteiger partial charge is 0.162 e. The van der Waals surface area contributed by atoms with Crippen molar-refractivity contribution in [2.75, 3.05) is 5.48 Å². The fourth-order valence-corrected chi connectivity index (χ4v) is 3.99. The molecule has 9 heteroatoms. The summed E-state index contributed by atoms with van der Waals surface area (Å²) < 4.78 is 1.74. The molecule has 142 valence electrons. The minimum atomic E-state index is -1.10. The van der Waals surface area contributed by atoms with E-state index < -0.39 is 30.3 Å². The SMILES string of the molecule is ONc1ncnc2c1ccn2[C@@H]1C[C@H]([C@H](O)c2ccc(Cl)cc2)[C@@H](O)[C@H]1O. The van der Waals surface area contributed by atoms with E-state index in [4.69, 9.17) is 11.6 Å². The van der Waals surface area contributed by atoms with Crippen LogP contribution in [0.15, 0.2) is 42.9 Å². The summed E-state index contributed by atoms with van der Waals surface area (Å²) in [6.45, 7) is 0. The van der Waals surface area contributed by atoms with Gasteiger partial charge in [-0.2, -0.15) is 0 Å². The van der Waals surface area contributed by atoms with Crippen molar-refractivity contribution in [3.8, 4) is 0 Å². The standard InChI is InChI=1S/C18H19ClN4O4/c19-10-3-1-9(2-4-10)14(24)12-7-13(16(26)15(12)25)23-6-5-11-17(22-27)20-8-21-18(11)23/h1-6,8,12-16,24-27H,7H2,(H,20,21,22)/t12-,13-,14-,15-,16+/m1/s1. The van der Waals surface area contributed by atoms with E-state index in [1.165, 1.54) is 6.33 Å². The van der Waals surface area contributed by atoms with E-state index in [1.807, 2.05) is 5.48 Å². The monoisotopic (exact) mass is 390 g/mol. The van der Waals surface area contributed by atoms with Crippen LogP contribution in [0.3, 0.4) is 0 Å². The summed E-state index contributed by atoms with van der Waals surface area (Å²) >= 11 is 5.89. The molecule has 4 rings (SSSR count). The van der Waals surface area contributed by atoms with E-state index in [0.29, 0.717) is 28.0 Å². The Balaban J connectivity index is 1.65. The molecule has 0 bridgehead atoms. The Morgan fingerprint density at radius 3 is 2.56 bits per heavy atom. The predicted molar refractivity (Wildman–Crippen MR) is 98.5 cm³/mol. The lowest BCUT2D eigenvalue weighted by atomic mass is 9.92. The third-order valence-electron chi connectivity index (χ3n) is 5.29. The van der Waals surface area contributed by atoms with Crippen molar-refractivity contribution in [1.29, 1.82) is 0 Å². The first kappa shape index (κ1) is 18.1. The minimum absolute atomic E-state index is 0.254. The number of aromatic nitrogens is 3. The number of aliphatic hydroxyl groups is 3. The highest BCUT2D eigenvalue weighted by Gasteiger charge is 2.46. The number of halogens is 1. The number of fused-ring (bicyclic) bond motifs is 1. The Morgan fingerprint density at radius 1 is 1.11 bits per heavy atom. The third-order valence-corrected chi connectivity index (χ3v) is 5.54. The van der Waals surface area contributed by atoms with Gasteiger partial charge in [0.2, 0.25) is 0 Å². The molecule has 1 saturated carbocycles. The summed E-state index contributed by atoms with van der Waals surface area (Å²) in [5.41, 5.74) is 3.16. The quantitative estimate of drug-likeness (QED) is 0.431. The Labute approximate surface area is 159 Å². The fraction of sp³-hybridized carbons (Fsp3) is 0.333. The van der Waals surface area contributed by atoms with Crippen LogP contribution in [0.25, 0.3) is 11.0 Å². The number of anilines is 1. The molecule has 0 amide bonds. The molecule has 1 aliphatic carbocycles. The number of hydrogen-bond donors (Lipinski definition) is 5. The molecule has 5 N–H and O–H groups in total. The van der Waals surface area contributed by atoms with Crippen LogP contribution < -0.4 is 5.48 Å². The van der Waals surface area contributed by atoms with Crippen molar-refractivity contribution >= 4 is 28.5 Å². The lowest BCUT2D eigenvalue weighted by molar-refractivity contribution is -0.0264. The van der Waals surface area contributed by atoms with Gasteiger partial charge in [0, 0.05) is 17.1 Å². The van der Waals surface area contributed by atoms with Crippen molar-refractivity contribution in [2.24, 2.45) is 5.92 Å². The van der Waals surface area contributed by atoms with Gasteiger partial charge in [-0.05, 0) is 30.2 Å². The van der Waals surface area contributed by atoms with Gasteiger partial charge in [-0.3, -0.25) is 10.7 Å². The third kappa shape index (κ3) is 3.05. The molecule has 0 unspecified atom stereocenters. The van der Waals surface area contributed by atoms with E-state index in [1.54, 1.807) is 41.1 Å². The zero-order valence-electron chi connectivity index (χ0n) is 14.1. The van der Waals surface area contributed by atoms with Crippen LogP contribution in [0, 0.1) is 5.92 Å². The normalized spacial score (nSPS) is 26.4. The Bertz CT molecular complexity index is 948. The second-order valence-electron chi connectivity index (χ2n) is 6.74. The zero-order chi connectivity index (χ0) is 19.1. The number of nitrogens with one attached hydrogen (secondary N) is 1. The molecule has 3 aromatic rings. The van der Waals surface area contributed by atoms with Crippen molar-refractivity contribution in [1.82, 2.24) is 14.5 Å². The van der Waals surface area contributed by atoms with Gasteiger partial charge >= 0.3 is 0 Å². The molecule has 2 heterocycles. The van der Waals surface area contributed by atoms with Crippen LogP contribution in [0.4, 0.5) is 5.82 Å². The van der Waals surface area contributed by atoms with Gasteiger partial charge in [-0.25, -0.2) is 9.97 Å². The molecule has 5 atom stereocenters. The molecule has 2 aromatic heterocycles. The second kappa shape index (κ2) is 7.06. The van der Waals surface area contributed by atoms with Gasteiger partial charge < -0.3 is 19.9 Å². The van der Waals surface area contributed by atoms with Gasteiger partial charge in [0.15, 0.2) is 5.82 Å². The van der Waals surface area contributed by atoms with Crippen LogP contribution in [0.5, 0.6) is 0 Å². The number of hydrogen-bond acceptors (Lipinski definition) is 7. The van der Waals surface area contributed by atoms with Crippen LogP contribution in [0.2, 0.25) is 5.02 Å². The number of aliphatic hydroxyl groups excluding tert-OH is 3. The van der Waals surface area contributed by atoms with Gasteiger partial charge in [-0.15, -0.1) is 0 Å². The lowest BCUT2D eigenvalue weighted by Gasteiger charge is -2.22. The van der Waals surface area contributed by atoms with Crippen molar-refractivity contribution in [2.45, 2.75) is 30.8 Å². The van der Waals surface area contributed by atoms with Gasteiger partial charge in [0.1, 0.15) is 18.1 Å². The largest absolute Gasteiger partial charge is 0.390 e. The predicted octanol–water partition coefficient (Wildman–Crippen LogP) is 1.90. The number of rotatable bonds is 4. The molecule has 1 aromatic carbocycles. The highest BCUT2D eigenvalue weighted by atomic mass is 35.5. The van der Waals surface area contributed by atoms with Crippen LogP contribution >= 0.6 is 11.6 Å². The van der Waals surface area contributed by atoms with E-state index in [2.05, 4.69) is 9.97 Å². The first-order chi connectivity index (χ1) is 13.0. The van der Waals surface area contributed by atoms with E-state index in [0.717, 1.165) is 0 Å². The van der Waals surface area contributed by atoms with Crippen LogP contribution in [0.1, 0.15) is 24.1 Å². The first-order valence-electron chi connectivity index (χ1n) is 8.52. The number of benzene rings is 1. The highest BCUT2D eigenvalue weighted by Crippen LogP contribution is 2.43. The average Bonchev–Trinajstić information content (AvgIpc) is 3.23. The Hall–Kier alpha value is -2.23. The molecule has 0 aliphatic heterocycles. The van der Waals surface area contributed by atoms with E-state index in [9.17, 15) is 20.5 Å². The van der Waals surface area contributed by atoms with E-state index >= 15 is 0 Å². The summed E-state index contributed by atoms with van der Waals surface area (Å²) in [5, 5.41) is 42.2. The van der Waals surface area contributed by atoms with Crippen molar-refractivity contribution < 1.29 is 20.5 Å². The molecule has 1 aliphatic rings. The maximum absolute atomic E-state index is 10.7. The summed E-state index contributed by atoms with van der Waals surface area (Å²) in [5.74, 6) is -0.301. The van der Waals surface area contributed by atoms with Crippen molar-refractivity contribution in [3.05, 3.63) is 53.4 Å². The molecule has 0 radical (unpaired) electrons. The molecule has 0 saturated heterocycles. The van der Waals surface area contributed by atoms with Gasteiger partial charge in [0.05, 0.1) is 23.6 Å². The van der Waals surface area contributed by atoms with Gasteiger partial charge in [-0.1, -0.05) is 23.7 Å². The molecule has 0 spiro atoms. The summed E-state index contributed by atoms with van der Waals surface area (Å²) in [6, 6.07) is 8.00. The minimum Gasteiger partial charge on any atom is -0.390 e.